The number of benzene rings is 3. The minimum atomic E-state index is 0. The molecule has 0 aliphatic carbocycles. The molecule has 2 nitrogen and oxygen atoms in total. The van der Waals surface area contributed by atoms with Crippen molar-refractivity contribution in [1.29, 1.82) is 0 Å². The fourth-order valence-corrected chi connectivity index (χ4v) is 3.78. The fraction of sp³-hybridized carbons (Fsp3) is 0.0500. The van der Waals surface area contributed by atoms with E-state index in [9.17, 15) is 4.79 Å². The standard InChI is InChI=1S/C20H16ClO2P.Li.H/c1-14-6-5-9-18(21)19(14)20(22)24-17-12-10-16(11-13-17)23-15-7-3-2-4-8-15;;/h2-13,24H,1H3;;. The molecule has 5 heteroatoms. The first-order valence-corrected chi connectivity index (χ1v) is 8.91. The molecule has 1 unspecified atom stereocenters. The van der Waals surface area contributed by atoms with Crippen molar-refractivity contribution >= 4 is 49.9 Å². The first-order chi connectivity index (χ1) is 11.6. The summed E-state index contributed by atoms with van der Waals surface area (Å²) in [6, 6.07) is 22.7. The molecule has 0 heterocycles. The Morgan fingerprint density at radius 2 is 1.52 bits per heavy atom. The molecule has 3 aromatic carbocycles. The van der Waals surface area contributed by atoms with Crippen LogP contribution in [0.3, 0.4) is 0 Å². The van der Waals surface area contributed by atoms with Crippen LogP contribution in [0.5, 0.6) is 11.5 Å². The van der Waals surface area contributed by atoms with Crippen LogP contribution in [0.4, 0.5) is 0 Å². The third-order valence-electron chi connectivity index (χ3n) is 3.54. The van der Waals surface area contributed by atoms with Gasteiger partial charge in [-0.15, -0.1) is 0 Å². The van der Waals surface area contributed by atoms with E-state index in [1.54, 1.807) is 6.07 Å². The van der Waals surface area contributed by atoms with Gasteiger partial charge in [0.15, 0.2) is 5.52 Å². The summed E-state index contributed by atoms with van der Waals surface area (Å²) in [6.07, 6.45) is 0. The summed E-state index contributed by atoms with van der Waals surface area (Å²) in [5.74, 6) is 1.53. The van der Waals surface area contributed by atoms with E-state index in [1.165, 1.54) is 0 Å². The van der Waals surface area contributed by atoms with E-state index in [4.69, 9.17) is 16.3 Å². The molecule has 0 fully saturated rings. The Morgan fingerprint density at radius 3 is 2.16 bits per heavy atom. The van der Waals surface area contributed by atoms with Gasteiger partial charge < -0.3 is 4.74 Å². The van der Waals surface area contributed by atoms with Crippen molar-refractivity contribution in [3.8, 4) is 11.5 Å². The fourth-order valence-electron chi connectivity index (χ4n) is 2.34. The molecular formula is C20H17ClLiO2P. The van der Waals surface area contributed by atoms with E-state index in [0.29, 0.717) is 10.6 Å². The van der Waals surface area contributed by atoms with Gasteiger partial charge in [0.2, 0.25) is 0 Å². The molecule has 0 saturated carbocycles. The van der Waals surface area contributed by atoms with Crippen LogP contribution in [-0.2, 0) is 0 Å². The molecular weight excluding hydrogens is 346 g/mol. The topological polar surface area (TPSA) is 26.3 Å². The normalized spacial score (nSPS) is 10.5. The number of hydrogen-bond acceptors (Lipinski definition) is 2. The van der Waals surface area contributed by atoms with Crippen molar-refractivity contribution in [2.75, 3.05) is 0 Å². The quantitative estimate of drug-likeness (QED) is 0.475. The van der Waals surface area contributed by atoms with Gasteiger partial charge >= 0.3 is 18.9 Å². The van der Waals surface area contributed by atoms with E-state index in [2.05, 4.69) is 0 Å². The number of para-hydroxylation sites is 1. The average Bonchev–Trinajstić information content (AvgIpc) is 2.57. The number of hydrogen-bond donors (Lipinski definition) is 0. The Labute approximate surface area is 166 Å². The van der Waals surface area contributed by atoms with Gasteiger partial charge in [-0.3, -0.25) is 4.79 Å². The van der Waals surface area contributed by atoms with Crippen molar-refractivity contribution in [2.24, 2.45) is 0 Å². The van der Waals surface area contributed by atoms with Crippen molar-refractivity contribution < 1.29 is 9.53 Å². The monoisotopic (exact) mass is 362 g/mol. The predicted octanol–water partition coefficient (Wildman–Crippen LogP) is 4.94. The van der Waals surface area contributed by atoms with E-state index >= 15 is 0 Å². The van der Waals surface area contributed by atoms with Crippen molar-refractivity contribution in [2.45, 2.75) is 6.92 Å². The summed E-state index contributed by atoms with van der Waals surface area (Å²) in [6.45, 7) is 1.90. The minimum absolute atomic E-state index is 0. The summed E-state index contributed by atoms with van der Waals surface area (Å²) in [5.41, 5.74) is 1.57. The maximum atomic E-state index is 12.5. The second kappa shape index (κ2) is 9.23. The molecule has 0 saturated heterocycles. The molecule has 25 heavy (non-hydrogen) atoms. The van der Waals surface area contributed by atoms with Crippen LogP contribution < -0.4 is 10.0 Å². The predicted molar refractivity (Wildman–Crippen MR) is 109 cm³/mol. The zero-order valence-electron chi connectivity index (χ0n) is 13.1. The van der Waals surface area contributed by atoms with Crippen molar-refractivity contribution in [3.63, 3.8) is 0 Å². The molecule has 0 N–H and O–H groups in total. The SMILES string of the molecule is Cc1cccc(Cl)c1C(=O)Pc1ccc(Oc2ccccc2)cc1.[LiH]. The van der Waals surface area contributed by atoms with Crippen LogP contribution in [0.15, 0.2) is 72.8 Å². The molecule has 0 aromatic heterocycles. The van der Waals surface area contributed by atoms with Crippen LogP contribution in [0.1, 0.15) is 15.9 Å². The molecule has 3 aromatic rings. The molecule has 0 aliphatic rings. The van der Waals surface area contributed by atoms with Crippen molar-refractivity contribution in [1.82, 2.24) is 0 Å². The molecule has 0 spiro atoms. The first kappa shape index (κ1) is 19.8. The van der Waals surface area contributed by atoms with Gasteiger partial charge in [-0.1, -0.05) is 54.1 Å². The summed E-state index contributed by atoms with van der Waals surface area (Å²) in [5, 5.41) is 1.47. The van der Waals surface area contributed by atoms with Crippen LogP contribution in [0.25, 0.3) is 0 Å². The van der Waals surface area contributed by atoms with Crippen molar-refractivity contribution in [3.05, 3.63) is 88.9 Å². The number of carbonyl (C=O) groups is 1. The molecule has 122 valence electrons. The molecule has 0 aliphatic heterocycles. The van der Waals surface area contributed by atoms with E-state index in [-0.39, 0.29) is 33.0 Å². The zero-order valence-corrected chi connectivity index (χ0v) is 14.9. The summed E-state index contributed by atoms with van der Waals surface area (Å²) in [7, 11) is 0.0338. The molecule has 0 amide bonds. The second-order valence-electron chi connectivity index (χ2n) is 5.33. The van der Waals surface area contributed by atoms with Gasteiger partial charge in [0.05, 0.1) is 5.02 Å². The van der Waals surface area contributed by atoms with Gasteiger partial charge in [-0.2, -0.15) is 0 Å². The Morgan fingerprint density at radius 1 is 0.880 bits per heavy atom. The number of carbonyl (C=O) groups excluding carboxylic acids is 1. The number of aryl methyl sites for hydroxylation is 1. The van der Waals surface area contributed by atoms with Gasteiger partial charge in [-0.25, -0.2) is 0 Å². The van der Waals surface area contributed by atoms with Crippen LogP contribution >= 0.6 is 20.2 Å². The molecule has 0 radical (unpaired) electrons. The number of rotatable bonds is 5. The van der Waals surface area contributed by atoms with Gasteiger partial charge in [0.25, 0.3) is 0 Å². The summed E-state index contributed by atoms with van der Waals surface area (Å²) >= 11 is 6.17. The van der Waals surface area contributed by atoms with Crippen LogP contribution in [0, 0.1) is 6.92 Å². The van der Waals surface area contributed by atoms with E-state index in [1.807, 2.05) is 73.7 Å². The molecule has 0 bridgehead atoms. The molecule has 1 atom stereocenters. The van der Waals surface area contributed by atoms with Gasteiger partial charge in [-0.05, 0) is 56.7 Å². The summed E-state index contributed by atoms with van der Waals surface area (Å²) < 4.78 is 5.76. The third-order valence-corrected chi connectivity index (χ3v) is 4.95. The maximum absolute atomic E-state index is 12.5. The number of ether oxygens (including phenoxy) is 1. The first-order valence-electron chi connectivity index (χ1n) is 7.53. The van der Waals surface area contributed by atoms with Gasteiger partial charge in [0, 0.05) is 5.56 Å². The van der Waals surface area contributed by atoms with Gasteiger partial charge in [0.1, 0.15) is 11.5 Å². The Bertz CT molecular complexity index is 831. The van der Waals surface area contributed by atoms with E-state index in [0.717, 1.165) is 22.4 Å². The Hall–Kier alpha value is -1.55. The number of halogens is 1. The average molecular weight is 363 g/mol. The Balaban J connectivity index is 0.00000225. The van der Waals surface area contributed by atoms with Crippen LogP contribution in [0.2, 0.25) is 5.02 Å². The third kappa shape index (κ3) is 5.21. The molecule has 3 rings (SSSR count). The zero-order chi connectivity index (χ0) is 16.9. The van der Waals surface area contributed by atoms with E-state index < -0.39 is 0 Å². The second-order valence-corrected chi connectivity index (χ2v) is 7.01. The van der Waals surface area contributed by atoms with Crippen LogP contribution in [-0.4, -0.2) is 24.4 Å². The Kier molecular flexibility index (Phi) is 7.30. The summed E-state index contributed by atoms with van der Waals surface area (Å²) in [4.78, 5) is 12.5.